The molecule has 3 aromatic carbocycles. The minimum Gasteiger partial charge on any atom is -0.318 e. The van der Waals surface area contributed by atoms with Gasteiger partial charge >= 0.3 is 0 Å². The number of hydrogen-bond donors (Lipinski definition) is 1. The van der Waals surface area contributed by atoms with E-state index >= 15 is 0 Å². The summed E-state index contributed by atoms with van der Waals surface area (Å²) in [6.07, 6.45) is 1.63. The molecular formula is C26H20N4O3S. The molecule has 0 atom stereocenters. The number of amides is 1. The van der Waals surface area contributed by atoms with Gasteiger partial charge in [-0.2, -0.15) is 5.10 Å². The lowest BCUT2D eigenvalue weighted by molar-refractivity contribution is -0.384. The van der Waals surface area contributed by atoms with Crippen LogP contribution in [-0.4, -0.2) is 21.6 Å². The van der Waals surface area contributed by atoms with Crippen molar-refractivity contribution in [3.8, 4) is 5.69 Å². The highest BCUT2D eigenvalue weighted by molar-refractivity contribution is 7.20. The maximum atomic E-state index is 12.6. The highest BCUT2D eigenvalue weighted by Gasteiger charge is 2.14. The summed E-state index contributed by atoms with van der Waals surface area (Å²) < 4.78 is 2.97. The van der Waals surface area contributed by atoms with Gasteiger partial charge in [-0.3, -0.25) is 14.9 Å². The summed E-state index contributed by atoms with van der Waals surface area (Å²) in [4.78, 5) is 23.5. The average molecular weight is 469 g/mol. The molecule has 8 heteroatoms. The Bertz CT molecular complexity index is 1610. The molecule has 0 bridgehead atoms. The monoisotopic (exact) mass is 468 g/mol. The first kappa shape index (κ1) is 21.5. The minimum absolute atomic E-state index is 0.00273. The molecule has 0 aliphatic rings. The van der Waals surface area contributed by atoms with Crippen LogP contribution in [0.1, 0.15) is 26.6 Å². The molecule has 0 spiro atoms. The smallest absolute Gasteiger partial charge is 0.281 e. The summed E-state index contributed by atoms with van der Waals surface area (Å²) in [6, 6.07) is 22.8. The van der Waals surface area contributed by atoms with Crippen LogP contribution in [0.2, 0.25) is 0 Å². The van der Waals surface area contributed by atoms with E-state index in [0.717, 1.165) is 27.3 Å². The van der Waals surface area contributed by atoms with Gasteiger partial charge in [-0.15, -0.1) is 11.3 Å². The summed E-state index contributed by atoms with van der Waals surface area (Å²) in [5.74, 6) is -0.358. The Labute approximate surface area is 199 Å². The maximum Gasteiger partial charge on any atom is 0.281 e. The van der Waals surface area contributed by atoms with Crippen LogP contribution < -0.4 is 5.43 Å². The Morgan fingerprint density at radius 3 is 2.59 bits per heavy atom. The SMILES string of the molecule is Cc1cc(/C=N\NC(=O)c2cc3cc([N+](=O)[O-])ccc3s2)c(C)n1-c1ccc2ccccc2c1. The first-order valence-electron chi connectivity index (χ1n) is 10.6. The zero-order valence-corrected chi connectivity index (χ0v) is 19.3. The Morgan fingerprint density at radius 1 is 1.00 bits per heavy atom. The number of aryl methyl sites for hydroxylation is 1. The van der Waals surface area contributed by atoms with Gasteiger partial charge in [0.2, 0.25) is 0 Å². The van der Waals surface area contributed by atoms with Gasteiger partial charge in [-0.1, -0.05) is 30.3 Å². The van der Waals surface area contributed by atoms with Crippen LogP contribution in [0.4, 0.5) is 5.69 Å². The number of hydrazone groups is 1. The molecule has 1 N–H and O–H groups in total. The van der Waals surface area contributed by atoms with Gasteiger partial charge in [-0.25, -0.2) is 5.43 Å². The number of carbonyl (C=O) groups is 1. The molecule has 2 aromatic heterocycles. The van der Waals surface area contributed by atoms with E-state index in [2.05, 4.69) is 45.4 Å². The molecule has 5 aromatic rings. The van der Waals surface area contributed by atoms with Crippen LogP contribution in [-0.2, 0) is 0 Å². The molecule has 34 heavy (non-hydrogen) atoms. The zero-order chi connectivity index (χ0) is 23.8. The standard InChI is InChI=1S/C26H20N4O3S/c1-16-11-21(17(2)29(16)22-8-7-18-5-3-4-6-19(18)12-22)15-27-28-26(31)25-14-20-13-23(30(32)33)9-10-24(20)34-25/h3-15H,1-2H3,(H,28,31)/b27-15-. The van der Waals surface area contributed by atoms with Gasteiger partial charge in [0, 0.05) is 44.9 Å². The van der Waals surface area contributed by atoms with Crippen LogP contribution in [0.3, 0.4) is 0 Å². The molecule has 0 saturated carbocycles. The number of rotatable bonds is 5. The van der Waals surface area contributed by atoms with E-state index in [1.165, 1.54) is 34.2 Å². The fourth-order valence-electron chi connectivity index (χ4n) is 4.10. The Hall–Kier alpha value is -4.30. The lowest BCUT2D eigenvalue weighted by Crippen LogP contribution is -2.16. The van der Waals surface area contributed by atoms with Crippen LogP contribution in [0.25, 0.3) is 26.5 Å². The third-order valence-electron chi connectivity index (χ3n) is 5.77. The van der Waals surface area contributed by atoms with E-state index < -0.39 is 4.92 Å². The van der Waals surface area contributed by atoms with Gasteiger partial charge in [0.05, 0.1) is 16.0 Å². The van der Waals surface area contributed by atoms with E-state index in [1.807, 2.05) is 32.0 Å². The number of nitro benzene ring substituents is 1. The van der Waals surface area contributed by atoms with E-state index in [1.54, 1.807) is 18.3 Å². The van der Waals surface area contributed by atoms with Crippen LogP contribution in [0.15, 0.2) is 77.9 Å². The van der Waals surface area contributed by atoms with Gasteiger partial charge < -0.3 is 4.57 Å². The van der Waals surface area contributed by atoms with Crippen molar-refractivity contribution >= 4 is 50.0 Å². The molecule has 168 valence electrons. The molecule has 0 radical (unpaired) electrons. The third kappa shape index (κ3) is 3.95. The first-order valence-corrected chi connectivity index (χ1v) is 11.4. The lowest BCUT2D eigenvalue weighted by atomic mass is 10.1. The summed E-state index contributed by atoms with van der Waals surface area (Å²) in [5, 5.41) is 18.1. The van der Waals surface area contributed by atoms with E-state index in [4.69, 9.17) is 0 Å². The van der Waals surface area contributed by atoms with Gasteiger partial charge in [-0.05, 0) is 55.0 Å². The highest BCUT2D eigenvalue weighted by atomic mass is 32.1. The third-order valence-corrected chi connectivity index (χ3v) is 6.88. The number of nitrogens with zero attached hydrogens (tertiary/aromatic N) is 3. The predicted molar refractivity (Wildman–Crippen MR) is 136 cm³/mol. The molecule has 7 nitrogen and oxygen atoms in total. The number of hydrogen-bond acceptors (Lipinski definition) is 5. The minimum atomic E-state index is -0.449. The second-order valence-electron chi connectivity index (χ2n) is 7.98. The van der Waals surface area contributed by atoms with Crippen LogP contribution in [0.5, 0.6) is 0 Å². The van der Waals surface area contributed by atoms with Crippen molar-refractivity contribution in [2.45, 2.75) is 13.8 Å². The van der Waals surface area contributed by atoms with E-state index in [-0.39, 0.29) is 11.6 Å². The fourth-order valence-corrected chi connectivity index (χ4v) is 5.04. The quantitative estimate of drug-likeness (QED) is 0.191. The Kier molecular flexibility index (Phi) is 5.43. The maximum absolute atomic E-state index is 12.6. The summed E-state index contributed by atoms with van der Waals surface area (Å²) >= 11 is 1.27. The summed E-state index contributed by atoms with van der Waals surface area (Å²) in [5.41, 5.74) is 6.60. The second kappa shape index (κ2) is 8.57. The number of benzene rings is 3. The van der Waals surface area contributed by atoms with Crippen LogP contribution in [0, 0.1) is 24.0 Å². The van der Waals surface area contributed by atoms with Crippen molar-refractivity contribution in [1.82, 2.24) is 9.99 Å². The summed E-state index contributed by atoms with van der Waals surface area (Å²) in [6.45, 7) is 4.05. The van der Waals surface area contributed by atoms with Gasteiger partial charge in [0.15, 0.2) is 0 Å². The van der Waals surface area contributed by atoms with Crippen molar-refractivity contribution in [1.29, 1.82) is 0 Å². The lowest BCUT2D eigenvalue weighted by Gasteiger charge is -2.11. The first-order chi connectivity index (χ1) is 16.4. The summed E-state index contributed by atoms with van der Waals surface area (Å²) in [7, 11) is 0. The topological polar surface area (TPSA) is 89.5 Å². The second-order valence-corrected chi connectivity index (χ2v) is 9.07. The number of aromatic nitrogens is 1. The molecule has 0 fully saturated rings. The normalized spacial score (nSPS) is 11.5. The van der Waals surface area contributed by atoms with Gasteiger partial charge in [0.1, 0.15) is 0 Å². The highest BCUT2D eigenvalue weighted by Crippen LogP contribution is 2.29. The number of carbonyl (C=O) groups excluding carboxylic acids is 1. The number of non-ortho nitro benzene ring substituents is 1. The molecule has 0 aliphatic carbocycles. The number of nitrogens with one attached hydrogen (secondary N) is 1. The Balaban J connectivity index is 1.36. The molecule has 0 unspecified atom stereocenters. The molecule has 0 aliphatic heterocycles. The van der Waals surface area contributed by atoms with Crippen molar-refractivity contribution in [3.63, 3.8) is 0 Å². The zero-order valence-electron chi connectivity index (χ0n) is 18.5. The number of thiophene rings is 1. The number of fused-ring (bicyclic) bond motifs is 2. The molecular weight excluding hydrogens is 448 g/mol. The van der Waals surface area contributed by atoms with E-state index in [9.17, 15) is 14.9 Å². The van der Waals surface area contributed by atoms with Crippen molar-refractivity contribution < 1.29 is 9.72 Å². The van der Waals surface area contributed by atoms with Gasteiger partial charge in [0.25, 0.3) is 11.6 Å². The van der Waals surface area contributed by atoms with Crippen molar-refractivity contribution in [2.75, 3.05) is 0 Å². The molecule has 5 rings (SSSR count). The molecule has 2 heterocycles. The molecule has 1 amide bonds. The van der Waals surface area contributed by atoms with Crippen molar-refractivity contribution in [2.24, 2.45) is 5.10 Å². The Morgan fingerprint density at radius 2 is 1.79 bits per heavy atom. The number of nitro groups is 1. The average Bonchev–Trinajstić information content (AvgIpc) is 3.38. The van der Waals surface area contributed by atoms with E-state index in [0.29, 0.717) is 10.3 Å². The predicted octanol–water partition coefficient (Wildman–Crippen LogP) is 6.13. The fraction of sp³-hybridized carbons (Fsp3) is 0.0769. The molecule has 0 saturated heterocycles. The van der Waals surface area contributed by atoms with Crippen molar-refractivity contribution in [3.05, 3.63) is 105 Å². The largest absolute Gasteiger partial charge is 0.318 e. The van der Waals surface area contributed by atoms with Crippen LogP contribution >= 0.6 is 11.3 Å².